The summed E-state index contributed by atoms with van der Waals surface area (Å²) in [6.07, 6.45) is 5.56. The van der Waals surface area contributed by atoms with Gasteiger partial charge >= 0.3 is 0 Å². The van der Waals surface area contributed by atoms with E-state index in [1.165, 1.54) is 43.7 Å². The average molecular weight is 201 g/mol. The third-order valence-electron chi connectivity index (χ3n) is 2.32. The van der Waals surface area contributed by atoms with Crippen molar-refractivity contribution in [2.45, 2.75) is 45.6 Å². The Balaban J connectivity index is 1.68. The molecule has 0 unspecified atom stereocenters. The van der Waals surface area contributed by atoms with Crippen LogP contribution < -0.4 is 5.32 Å². The van der Waals surface area contributed by atoms with Gasteiger partial charge in [0.2, 0.25) is 0 Å². The fourth-order valence-electron chi connectivity index (χ4n) is 1.19. The Morgan fingerprint density at radius 1 is 1.31 bits per heavy atom. The van der Waals surface area contributed by atoms with Gasteiger partial charge in [0, 0.05) is 6.04 Å². The summed E-state index contributed by atoms with van der Waals surface area (Å²) < 4.78 is 0. The van der Waals surface area contributed by atoms with Gasteiger partial charge in [-0.25, -0.2) is 0 Å². The summed E-state index contributed by atoms with van der Waals surface area (Å²) in [6, 6.07) is 0.890. The standard InChI is InChI=1S/C11H23NS/c1-10(2)6-9-13-8-3-7-12-11-4-5-11/h10-12H,3-9H2,1-2H3. The maximum Gasteiger partial charge on any atom is 0.00682 e. The lowest BCUT2D eigenvalue weighted by Crippen LogP contribution is -2.17. The van der Waals surface area contributed by atoms with Crippen molar-refractivity contribution in [1.82, 2.24) is 5.32 Å². The van der Waals surface area contributed by atoms with Crippen LogP contribution in [-0.4, -0.2) is 24.1 Å². The van der Waals surface area contributed by atoms with Gasteiger partial charge in [0.05, 0.1) is 0 Å². The fourth-order valence-corrected chi connectivity index (χ4v) is 2.38. The highest BCUT2D eigenvalue weighted by Gasteiger charge is 2.19. The van der Waals surface area contributed by atoms with E-state index in [0.29, 0.717) is 0 Å². The second-order valence-corrected chi connectivity index (χ2v) is 5.60. The van der Waals surface area contributed by atoms with Gasteiger partial charge in [-0.05, 0) is 49.7 Å². The molecule has 0 saturated heterocycles. The van der Waals surface area contributed by atoms with E-state index in [2.05, 4.69) is 30.9 Å². The second kappa shape index (κ2) is 6.72. The molecule has 13 heavy (non-hydrogen) atoms. The van der Waals surface area contributed by atoms with Crippen molar-refractivity contribution in [3.8, 4) is 0 Å². The smallest absolute Gasteiger partial charge is 0.00682 e. The first-order chi connectivity index (χ1) is 6.29. The minimum absolute atomic E-state index is 0.872. The summed E-state index contributed by atoms with van der Waals surface area (Å²) in [7, 11) is 0. The minimum Gasteiger partial charge on any atom is -0.314 e. The largest absolute Gasteiger partial charge is 0.314 e. The molecule has 0 bridgehead atoms. The van der Waals surface area contributed by atoms with Crippen molar-refractivity contribution in [1.29, 1.82) is 0 Å². The molecular weight excluding hydrogens is 178 g/mol. The zero-order chi connectivity index (χ0) is 9.52. The van der Waals surface area contributed by atoms with E-state index in [0.717, 1.165) is 12.0 Å². The summed E-state index contributed by atoms with van der Waals surface area (Å²) in [5, 5.41) is 3.54. The maximum atomic E-state index is 3.54. The average Bonchev–Trinajstić information content (AvgIpc) is 2.86. The van der Waals surface area contributed by atoms with Crippen LogP contribution in [0, 0.1) is 5.92 Å². The number of nitrogens with one attached hydrogen (secondary N) is 1. The van der Waals surface area contributed by atoms with Crippen molar-refractivity contribution >= 4 is 11.8 Å². The first-order valence-corrected chi connectivity index (χ1v) is 6.75. The molecule has 1 fully saturated rings. The maximum absolute atomic E-state index is 3.54. The molecule has 0 aromatic heterocycles. The van der Waals surface area contributed by atoms with Crippen molar-refractivity contribution in [3.05, 3.63) is 0 Å². The zero-order valence-corrected chi connectivity index (χ0v) is 9.83. The molecule has 0 atom stereocenters. The fraction of sp³-hybridized carbons (Fsp3) is 1.00. The lowest BCUT2D eigenvalue weighted by atomic mass is 10.2. The van der Waals surface area contributed by atoms with Gasteiger partial charge in [-0.1, -0.05) is 13.8 Å². The molecule has 1 nitrogen and oxygen atoms in total. The number of hydrogen-bond donors (Lipinski definition) is 1. The topological polar surface area (TPSA) is 12.0 Å². The summed E-state index contributed by atoms with van der Waals surface area (Å²) >= 11 is 2.11. The Morgan fingerprint density at radius 2 is 2.08 bits per heavy atom. The van der Waals surface area contributed by atoms with Gasteiger partial charge < -0.3 is 5.32 Å². The molecule has 0 aliphatic heterocycles. The Morgan fingerprint density at radius 3 is 2.69 bits per heavy atom. The lowest BCUT2D eigenvalue weighted by Gasteiger charge is -2.04. The first-order valence-electron chi connectivity index (χ1n) is 5.60. The lowest BCUT2D eigenvalue weighted by molar-refractivity contribution is 0.631. The van der Waals surface area contributed by atoms with Crippen molar-refractivity contribution in [3.63, 3.8) is 0 Å². The summed E-state index contributed by atoms with van der Waals surface area (Å²) in [5.74, 6) is 3.56. The van der Waals surface area contributed by atoms with Crippen LogP contribution in [0.3, 0.4) is 0 Å². The Labute approximate surface area is 87.1 Å². The normalized spacial score (nSPS) is 16.8. The van der Waals surface area contributed by atoms with Crippen LogP contribution in [0.25, 0.3) is 0 Å². The number of rotatable bonds is 8. The van der Waals surface area contributed by atoms with Crippen LogP contribution in [0.1, 0.15) is 39.5 Å². The first kappa shape index (κ1) is 11.4. The van der Waals surface area contributed by atoms with Gasteiger partial charge in [-0.15, -0.1) is 0 Å². The predicted octanol–water partition coefficient (Wildman–Crippen LogP) is 2.91. The molecule has 78 valence electrons. The quantitative estimate of drug-likeness (QED) is 0.606. The summed E-state index contributed by atoms with van der Waals surface area (Å²) in [6.45, 7) is 5.84. The molecule has 1 rings (SSSR count). The van der Waals surface area contributed by atoms with Crippen LogP contribution in [0.4, 0.5) is 0 Å². The molecule has 0 aromatic rings. The molecule has 1 N–H and O–H groups in total. The van der Waals surface area contributed by atoms with Crippen LogP contribution in [0.2, 0.25) is 0 Å². The van der Waals surface area contributed by atoms with Crippen molar-refractivity contribution < 1.29 is 0 Å². The monoisotopic (exact) mass is 201 g/mol. The molecular formula is C11H23NS. The highest BCUT2D eigenvalue weighted by atomic mass is 32.2. The van der Waals surface area contributed by atoms with Gasteiger partial charge in [0.15, 0.2) is 0 Å². The molecule has 2 heteroatoms. The Kier molecular flexibility index (Phi) is 5.88. The molecule has 1 saturated carbocycles. The molecule has 0 amide bonds. The van der Waals surface area contributed by atoms with E-state index in [9.17, 15) is 0 Å². The van der Waals surface area contributed by atoms with Gasteiger partial charge in [-0.3, -0.25) is 0 Å². The van der Waals surface area contributed by atoms with Crippen LogP contribution in [-0.2, 0) is 0 Å². The Bertz CT molecular complexity index is 115. The molecule has 1 aliphatic carbocycles. The van der Waals surface area contributed by atoms with E-state index in [-0.39, 0.29) is 0 Å². The summed E-state index contributed by atoms with van der Waals surface area (Å²) in [5.41, 5.74) is 0. The molecule has 0 radical (unpaired) electrons. The van der Waals surface area contributed by atoms with Crippen LogP contribution in [0.15, 0.2) is 0 Å². The third-order valence-corrected chi connectivity index (χ3v) is 3.42. The second-order valence-electron chi connectivity index (χ2n) is 4.38. The van der Waals surface area contributed by atoms with Gasteiger partial charge in [0.25, 0.3) is 0 Å². The SMILES string of the molecule is CC(C)CCSCCCNC1CC1. The molecule has 0 spiro atoms. The van der Waals surface area contributed by atoms with E-state index in [1.54, 1.807) is 0 Å². The highest BCUT2D eigenvalue weighted by molar-refractivity contribution is 7.99. The zero-order valence-electron chi connectivity index (χ0n) is 9.01. The van der Waals surface area contributed by atoms with E-state index in [1.807, 2.05) is 0 Å². The van der Waals surface area contributed by atoms with E-state index < -0.39 is 0 Å². The van der Waals surface area contributed by atoms with Gasteiger partial charge in [0.1, 0.15) is 0 Å². The summed E-state index contributed by atoms with van der Waals surface area (Å²) in [4.78, 5) is 0. The number of hydrogen-bond acceptors (Lipinski definition) is 2. The predicted molar refractivity (Wildman–Crippen MR) is 62.4 cm³/mol. The Hall–Kier alpha value is 0.310. The minimum atomic E-state index is 0.872. The van der Waals surface area contributed by atoms with Gasteiger partial charge in [-0.2, -0.15) is 11.8 Å². The van der Waals surface area contributed by atoms with Crippen molar-refractivity contribution in [2.24, 2.45) is 5.92 Å². The number of thioether (sulfide) groups is 1. The van der Waals surface area contributed by atoms with Crippen LogP contribution >= 0.6 is 11.8 Å². The van der Waals surface area contributed by atoms with E-state index in [4.69, 9.17) is 0 Å². The third kappa shape index (κ3) is 7.39. The van der Waals surface area contributed by atoms with Crippen LogP contribution in [0.5, 0.6) is 0 Å². The molecule has 0 aromatic carbocycles. The molecule has 0 heterocycles. The van der Waals surface area contributed by atoms with Crippen molar-refractivity contribution in [2.75, 3.05) is 18.1 Å². The highest BCUT2D eigenvalue weighted by Crippen LogP contribution is 2.18. The van der Waals surface area contributed by atoms with E-state index >= 15 is 0 Å². The molecule has 1 aliphatic rings.